The number of hydrogen-bond acceptors (Lipinski definition) is 5. The zero-order valence-electron chi connectivity index (χ0n) is 17.5. The molecule has 162 valence electrons. The second kappa shape index (κ2) is 9.25. The maximum Gasteiger partial charge on any atom is 0.344 e. The van der Waals surface area contributed by atoms with Crippen LogP contribution in [-0.2, 0) is 20.8 Å². The number of nitrogens with one attached hydrogen (secondary N) is 2. The minimum Gasteiger partial charge on any atom is -0.342 e. The van der Waals surface area contributed by atoms with Gasteiger partial charge in [-0.15, -0.1) is 0 Å². The third-order valence-corrected chi connectivity index (χ3v) is 5.66. The molecule has 2 saturated heterocycles. The van der Waals surface area contributed by atoms with Gasteiger partial charge in [-0.3, -0.25) is 24.7 Å². The van der Waals surface area contributed by atoms with Crippen molar-refractivity contribution in [1.29, 1.82) is 0 Å². The standard InChI is InChI=1S/C21H29N5O4/c1-16(27)25-12-6-11-24(13-14-25)15-18(28)23-26-19(29)21(2,22-20(26)30)10-9-17-7-4-3-5-8-17/h3-5,7-8H,6,9-15H2,1-2H3,(H,22,30)(H,23,28)/t21-/m1/s1. The quantitative estimate of drug-likeness (QED) is 0.660. The molecular formula is C21H29N5O4. The Hall–Kier alpha value is -2.94. The summed E-state index contributed by atoms with van der Waals surface area (Å²) in [5.41, 5.74) is 2.45. The number of rotatable bonds is 6. The molecule has 1 aromatic carbocycles. The molecule has 5 amide bonds. The molecule has 0 unspecified atom stereocenters. The zero-order valence-corrected chi connectivity index (χ0v) is 17.5. The van der Waals surface area contributed by atoms with Crippen molar-refractivity contribution >= 4 is 23.8 Å². The van der Waals surface area contributed by atoms with Gasteiger partial charge >= 0.3 is 6.03 Å². The Balaban J connectivity index is 1.53. The molecule has 1 atom stereocenters. The molecule has 9 nitrogen and oxygen atoms in total. The molecule has 2 aliphatic heterocycles. The molecule has 3 rings (SSSR count). The van der Waals surface area contributed by atoms with Gasteiger partial charge in [-0.25, -0.2) is 4.79 Å². The number of carbonyl (C=O) groups excluding carboxylic acids is 4. The van der Waals surface area contributed by atoms with E-state index in [0.717, 1.165) is 17.0 Å². The van der Waals surface area contributed by atoms with E-state index in [4.69, 9.17) is 0 Å². The summed E-state index contributed by atoms with van der Waals surface area (Å²) in [4.78, 5) is 52.8. The van der Waals surface area contributed by atoms with Gasteiger partial charge in [-0.2, -0.15) is 5.01 Å². The Morgan fingerprint density at radius 1 is 1.10 bits per heavy atom. The molecule has 9 heteroatoms. The molecular weight excluding hydrogens is 386 g/mol. The van der Waals surface area contributed by atoms with Gasteiger partial charge in [-0.05, 0) is 31.7 Å². The summed E-state index contributed by atoms with van der Waals surface area (Å²) in [5.74, 6) is -0.868. The lowest BCUT2D eigenvalue weighted by Crippen LogP contribution is -2.51. The van der Waals surface area contributed by atoms with Crippen molar-refractivity contribution in [3.8, 4) is 0 Å². The lowest BCUT2D eigenvalue weighted by molar-refractivity contribution is -0.139. The first-order valence-electron chi connectivity index (χ1n) is 10.3. The normalized spacial score (nSPS) is 22.6. The van der Waals surface area contributed by atoms with E-state index in [-0.39, 0.29) is 12.5 Å². The molecule has 0 radical (unpaired) electrons. The summed E-state index contributed by atoms with van der Waals surface area (Å²) in [5, 5.41) is 3.49. The van der Waals surface area contributed by atoms with Crippen LogP contribution in [0.1, 0.15) is 32.3 Å². The SMILES string of the molecule is CC(=O)N1CCCN(CC(=O)NN2C(=O)N[C@](C)(CCc3ccccc3)C2=O)CC1. The highest BCUT2D eigenvalue weighted by Crippen LogP contribution is 2.22. The summed E-state index contributed by atoms with van der Waals surface area (Å²) >= 11 is 0. The Morgan fingerprint density at radius 3 is 2.53 bits per heavy atom. The first kappa shape index (κ1) is 21.8. The van der Waals surface area contributed by atoms with Crippen LogP contribution >= 0.6 is 0 Å². The van der Waals surface area contributed by atoms with Crippen LogP contribution in [0.25, 0.3) is 0 Å². The van der Waals surface area contributed by atoms with Gasteiger partial charge in [0.1, 0.15) is 5.54 Å². The lowest BCUT2D eigenvalue weighted by Gasteiger charge is -2.23. The largest absolute Gasteiger partial charge is 0.344 e. The van der Waals surface area contributed by atoms with Crippen molar-refractivity contribution in [1.82, 2.24) is 25.6 Å². The molecule has 1 aromatic rings. The summed E-state index contributed by atoms with van der Waals surface area (Å²) in [7, 11) is 0. The van der Waals surface area contributed by atoms with Crippen LogP contribution in [0, 0.1) is 0 Å². The predicted octanol–water partition coefficient (Wildman–Crippen LogP) is 0.515. The second-order valence-electron chi connectivity index (χ2n) is 8.06. The number of amides is 5. The number of hydrogen-bond donors (Lipinski definition) is 2. The van der Waals surface area contributed by atoms with Crippen LogP contribution in [0.5, 0.6) is 0 Å². The van der Waals surface area contributed by atoms with Crippen LogP contribution in [0.15, 0.2) is 30.3 Å². The number of benzene rings is 1. The van der Waals surface area contributed by atoms with E-state index in [1.54, 1.807) is 11.8 Å². The van der Waals surface area contributed by atoms with E-state index in [9.17, 15) is 19.2 Å². The minimum atomic E-state index is -1.06. The predicted molar refractivity (Wildman–Crippen MR) is 110 cm³/mol. The average molecular weight is 415 g/mol. The van der Waals surface area contributed by atoms with Crippen LogP contribution in [0.4, 0.5) is 4.79 Å². The van der Waals surface area contributed by atoms with Crippen molar-refractivity contribution in [2.75, 3.05) is 32.7 Å². The van der Waals surface area contributed by atoms with Gasteiger partial charge < -0.3 is 10.2 Å². The van der Waals surface area contributed by atoms with E-state index in [0.29, 0.717) is 39.0 Å². The number of urea groups is 1. The molecule has 30 heavy (non-hydrogen) atoms. The molecule has 0 saturated carbocycles. The summed E-state index contributed by atoms with van der Waals surface area (Å²) in [6, 6.07) is 9.10. The minimum absolute atomic E-state index is 0.0235. The fourth-order valence-corrected chi connectivity index (χ4v) is 3.80. The van der Waals surface area contributed by atoms with Crippen molar-refractivity contribution in [2.45, 2.75) is 38.6 Å². The Morgan fingerprint density at radius 2 is 1.83 bits per heavy atom. The molecule has 0 bridgehead atoms. The highest BCUT2D eigenvalue weighted by molar-refractivity contribution is 6.07. The van der Waals surface area contributed by atoms with Crippen LogP contribution in [0.2, 0.25) is 0 Å². The second-order valence-corrected chi connectivity index (χ2v) is 8.06. The number of carbonyl (C=O) groups is 4. The molecule has 2 aliphatic rings. The first-order chi connectivity index (χ1) is 14.3. The number of nitrogens with zero attached hydrogens (tertiary/aromatic N) is 3. The molecule has 0 aliphatic carbocycles. The number of aryl methyl sites for hydroxylation is 1. The number of imide groups is 1. The van der Waals surface area contributed by atoms with Gasteiger partial charge in [-0.1, -0.05) is 30.3 Å². The molecule has 2 heterocycles. The van der Waals surface area contributed by atoms with Crippen molar-refractivity contribution in [2.24, 2.45) is 0 Å². The van der Waals surface area contributed by atoms with Crippen LogP contribution in [0.3, 0.4) is 0 Å². The highest BCUT2D eigenvalue weighted by atomic mass is 16.2. The van der Waals surface area contributed by atoms with Gasteiger partial charge in [0.2, 0.25) is 5.91 Å². The molecule has 2 N–H and O–H groups in total. The first-order valence-corrected chi connectivity index (χ1v) is 10.3. The Bertz CT molecular complexity index is 815. The molecule has 0 aromatic heterocycles. The van der Waals surface area contributed by atoms with Gasteiger partial charge in [0.15, 0.2) is 0 Å². The summed E-state index contributed by atoms with van der Waals surface area (Å²) < 4.78 is 0. The van der Waals surface area contributed by atoms with Crippen molar-refractivity contribution in [3.63, 3.8) is 0 Å². The van der Waals surface area contributed by atoms with Gasteiger partial charge in [0.05, 0.1) is 6.54 Å². The van der Waals surface area contributed by atoms with Crippen molar-refractivity contribution < 1.29 is 19.2 Å². The number of hydrazine groups is 1. The smallest absolute Gasteiger partial charge is 0.342 e. The topological polar surface area (TPSA) is 102 Å². The van der Waals surface area contributed by atoms with Crippen LogP contribution < -0.4 is 10.7 Å². The fraction of sp³-hybridized carbons (Fsp3) is 0.524. The lowest BCUT2D eigenvalue weighted by atomic mass is 9.93. The third kappa shape index (κ3) is 5.15. The molecule has 0 spiro atoms. The molecule has 2 fully saturated rings. The van der Waals surface area contributed by atoms with E-state index >= 15 is 0 Å². The van der Waals surface area contributed by atoms with Crippen molar-refractivity contribution in [3.05, 3.63) is 35.9 Å². The van der Waals surface area contributed by atoms with Gasteiger partial charge in [0.25, 0.3) is 11.8 Å². The summed E-state index contributed by atoms with van der Waals surface area (Å²) in [6.07, 6.45) is 1.83. The maximum absolute atomic E-state index is 12.8. The van der Waals surface area contributed by atoms with Crippen LogP contribution in [-0.4, -0.2) is 76.8 Å². The average Bonchev–Trinajstić information content (AvgIpc) is 2.87. The van der Waals surface area contributed by atoms with E-state index in [1.807, 2.05) is 35.2 Å². The Labute approximate surface area is 176 Å². The summed E-state index contributed by atoms with van der Waals surface area (Å²) in [6.45, 7) is 5.74. The van der Waals surface area contributed by atoms with E-state index < -0.39 is 23.4 Å². The van der Waals surface area contributed by atoms with Gasteiger partial charge in [0, 0.05) is 33.1 Å². The van der Waals surface area contributed by atoms with E-state index in [2.05, 4.69) is 10.7 Å². The Kier molecular flexibility index (Phi) is 6.71. The van der Waals surface area contributed by atoms with E-state index in [1.165, 1.54) is 6.92 Å². The monoisotopic (exact) mass is 415 g/mol. The zero-order chi connectivity index (χ0) is 21.7. The fourth-order valence-electron chi connectivity index (χ4n) is 3.80. The maximum atomic E-state index is 12.8. The third-order valence-electron chi connectivity index (χ3n) is 5.66. The highest BCUT2D eigenvalue weighted by Gasteiger charge is 2.48.